The van der Waals surface area contributed by atoms with Gasteiger partial charge >= 0.3 is 0 Å². The molecule has 0 aromatic carbocycles. The molecule has 4 aliphatic carbocycles. The van der Waals surface area contributed by atoms with Crippen molar-refractivity contribution in [2.45, 2.75) is 82.6 Å². The zero-order chi connectivity index (χ0) is 22.6. The number of fused-ring (bicyclic) bond motifs is 7. The smallest absolute Gasteiger partial charge is 0.193 e. The zero-order valence-corrected chi connectivity index (χ0v) is 18.5. The Hall–Kier alpha value is -1.41. The van der Waals surface area contributed by atoms with Gasteiger partial charge in [0.15, 0.2) is 28.6 Å². The Bertz CT molecular complexity index is 925. The maximum absolute atomic E-state index is 17.1. The molecular weight excluding hydrogens is 403 g/mol. The predicted octanol–water partition coefficient (Wildman–Crippen LogP) is 2.42. The molecule has 1 saturated heterocycles. The number of rotatable bonds is 2. The molecule has 0 aromatic rings. The van der Waals surface area contributed by atoms with E-state index in [9.17, 15) is 19.8 Å². The molecule has 5 aliphatic rings. The maximum Gasteiger partial charge on any atom is 0.193 e. The van der Waals surface area contributed by atoms with Crippen LogP contribution < -0.4 is 0 Å². The molecule has 0 unspecified atom stereocenters. The fraction of sp³-hybridized carbons (Fsp3) is 0.750. The van der Waals surface area contributed by atoms with Crippen molar-refractivity contribution in [1.29, 1.82) is 0 Å². The van der Waals surface area contributed by atoms with Gasteiger partial charge in [-0.15, -0.1) is 0 Å². The topological polar surface area (TPSA) is 93.1 Å². The van der Waals surface area contributed by atoms with Crippen LogP contribution in [0.4, 0.5) is 4.39 Å². The number of allylic oxidation sites excluding steroid dienone is 4. The molecule has 31 heavy (non-hydrogen) atoms. The van der Waals surface area contributed by atoms with Gasteiger partial charge in [0.25, 0.3) is 0 Å². The van der Waals surface area contributed by atoms with Crippen molar-refractivity contribution < 1.29 is 33.7 Å². The van der Waals surface area contributed by atoms with Crippen molar-refractivity contribution in [2.75, 3.05) is 6.61 Å². The minimum absolute atomic E-state index is 0.0109. The minimum Gasteiger partial charge on any atom is -0.390 e. The standard InChI is InChI=1S/C24H31FO6/c1-20(2)30-19-10-16-15-6-5-13-9-14(27)7-8-21(13,3)23(15,25)17(28)11-22(16,4)24(19,31-20)18(29)12-26/h7-9,15-17,19,26,28H,5-6,10-12H2,1-4H3/t15-,16-,17-,19-,21-,22-,23-,24+/m0/s1. The van der Waals surface area contributed by atoms with Gasteiger partial charge in [-0.05, 0) is 64.5 Å². The lowest BCUT2D eigenvalue weighted by Crippen LogP contribution is -2.70. The Kier molecular flexibility index (Phi) is 4.24. The van der Waals surface area contributed by atoms with Gasteiger partial charge in [-0.2, -0.15) is 0 Å². The quantitative estimate of drug-likeness (QED) is 0.694. The van der Waals surface area contributed by atoms with E-state index in [0.29, 0.717) is 19.3 Å². The average molecular weight is 435 g/mol. The maximum atomic E-state index is 17.1. The molecule has 2 N–H and O–H groups in total. The lowest BCUT2D eigenvalue weighted by Gasteiger charge is -2.62. The summed E-state index contributed by atoms with van der Waals surface area (Å²) in [5, 5.41) is 21.2. The summed E-state index contributed by atoms with van der Waals surface area (Å²) in [5.74, 6) is -2.46. The van der Waals surface area contributed by atoms with Gasteiger partial charge in [-0.3, -0.25) is 9.59 Å². The van der Waals surface area contributed by atoms with Gasteiger partial charge in [0.2, 0.25) is 0 Å². The second-order valence-electron chi connectivity index (χ2n) is 10.9. The van der Waals surface area contributed by atoms with E-state index in [0.717, 1.165) is 5.57 Å². The molecule has 0 amide bonds. The summed E-state index contributed by atoms with van der Waals surface area (Å²) in [6.07, 6.45) is 4.00. The molecular formula is C24H31FO6. The molecule has 1 heterocycles. The molecule has 3 saturated carbocycles. The highest BCUT2D eigenvalue weighted by Crippen LogP contribution is 2.72. The Morgan fingerprint density at radius 2 is 1.97 bits per heavy atom. The number of carbonyl (C=O) groups is 2. The Balaban J connectivity index is 1.64. The van der Waals surface area contributed by atoms with Gasteiger partial charge in [-0.1, -0.05) is 18.6 Å². The summed E-state index contributed by atoms with van der Waals surface area (Å²) >= 11 is 0. The van der Waals surface area contributed by atoms with Crippen LogP contribution in [0.1, 0.15) is 53.4 Å². The fourth-order valence-corrected chi connectivity index (χ4v) is 7.93. The number of hydrogen-bond donors (Lipinski definition) is 2. The molecule has 0 spiro atoms. The van der Waals surface area contributed by atoms with Crippen LogP contribution in [0.25, 0.3) is 0 Å². The van der Waals surface area contributed by atoms with Crippen molar-refractivity contribution in [3.05, 3.63) is 23.8 Å². The first kappa shape index (κ1) is 21.4. The van der Waals surface area contributed by atoms with Crippen LogP contribution in [0, 0.1) is 22.7 Å². The van der Waals surface area contributed by atoms with E-state index < -0.39 is 58.4 Å². The highest BCUT2D eigenvalue weighted by atomic mass is 19.1. The number of aliphatic hydroxyl groups excluding tert-OH is 2. The highest BCUT2D eigenvalue weighted by molar-refractivity contribution is 6.01. The lowest BCUT2D eigenvalue weighted by atomic mass is 9.44. The third-order valence-corrected chi connectivity index (χ3v) is 9.19. The molecule has 0 aromatic heterocycles. The molecule has 0 radical (unpaired) electrons. The van der Waals surface area contributed by atoms with Crippen LogP contribution in [0.5, 0.6) is 0 Å². The van der Waals surface area contributed by atoms with E-state index in [1.165, 1.54) is 12.2 Å². The molecule has 0 bridgehead atoms. The van der Waals surface area contributed by atoms with Gasteiger partial charge in [-0.25, -0.2) is 4.39 Å². The Morgan fingerprint density at radius 1 is 1.26 bits per heavy atom. The molecule has 4 fully saturated rings. The molecule has 1 aliphatic heterocycles. The summed E-state index contributed by atoms with van der Waals surface area (Å²) < 4.78 is 29.5. The van der Waals surface area contributed by atoms with E-state index in [-0.39, 0.29) is 18.1 Å². The third-order valence-electron chi connectivity index (χ3n) is 9.19. The summed E-state index contributed by atoms with van der Waals surface area (Å²) in [6, 6.07) is 0. The van der Waals surface area contributed by atoms with Crippen molar-refractivity contribution in [1.82, 2.24) is 0 Å². The van der Waals surface area contributed by atoms with E-state index in [4.69, 9.17) is 9.47 Å². The molecule has 6 nitrogen and oxygen atoms in total. The van der Waals surface area contributed by atoms with Crippen LogP contribution >= 0.6 is 0 Å². The van der Waals surface area contributed by atoms with Gasteiger partial charge in [0.05, 0.1) is 12.2 Å². The molecule has 8 atom stereocenters. The predicted molar refractivity (Wildman–Crippen MR) is 109 cm³/mol. The fourth-order valence-electron chi connectivity index (χ4n) is 7.93. The van der Waals surface area contributed by atoms with Gasteiger partial charge < -0.3 is 19.7 Å². The summed E-state index contributed by atoms with van der Waals surface area (Å²) in [5.41, 5.74) is -4.66. The van der Waals surface area contributed by atoms with Crippen LogP contribution in [-0.2, 0) is 19.1 Å². The largest absolute Gasteiger partial charge is 0.390 e. The number of aliphatic hydroxyl groups is 2. The van der Waals surface area contributed by atoms with E-state index >= 15 is 4.39 Å². The molecule has 170 valence electrons. The van der Waals surface area contributed by atoms with Crippen LogP contribution in [-0.4, -0.2) is 57.7 Å². The first-order valence-corrected chi connectivity index (χ1v) is 11.2. The van der Waals surface area contributed by atoms with Crippen molar-refractivity contribution >= 4 is 11.6 Å². The average Bonchev–Trinajstić information content (AvgIpc) is 3.09. The number of ether oxygens (including phenoxy) is 2. The minimum atomic E-state index is -1.98. The van der Waals surface area contributed by atoms with Gasteiger partial charge in [0.1, 0.15) is 6.61 Å². The van der Waals surface area contributed by atoms with Gasteiger partial charge in [0, 0.05) is 16.7 Å². The summed E-state index contributed by atoms with van der Waals surface area (Å²) in [6.45, 7) is 6.41. The number of carbonyl (C=O) groups excluding carboxylic acids is 2. The Labute approximate surface area is 181 Å². The number of halogens is 1. The van der Waals surface area contributed by atoms with Crippen molar-refractivity contribution in [2.24, 2.45) is 22.7 Å². The SMILES string of the molecule is CC1(C)O[C@H]2C[C@H]3[C@@H]4CCC5=CC(=O)C=C[C@]5(C)[C@@]4(F)[C@@H](O)C[C@]3(C)[C@]2(C(=O)CO)O1. The van der Waals surface area contributed by atoms with Crippen LogP contribution in [0.15, 0.2) is 23.8 Å². The normalized spacial score (nSPS) is 52.1. The summed E-state index contributed by atoms with van der Waals surface area (Å²) in [4.78, 5) is 25.1. The summed E-state index contributed by atoms with van der Waals surface area (Å²) in [7, 11) is 0. The second-order valence-corrected chi connectivity index (χ2v) is 10.9. The Morgan fingerprint density at radius 3 is 2.65 bits per heavy atom. The van der Waals surface area contributed by atoms with Crippen molar-refractivity contribution in [3.63, 3.8) is 0 Å². The van der Waals surface area contributed by atoms with Crippen molar-refractivity contribution in [3.8, 4) is 0 Å². The monoisotopic (exact) mass is 434 g/mol. The number of ketones is 2. The zero-order valence-electron chi connectivity index (χ0n) is 18.5. The van der Waals surface area contributed by atoms with Crippen LogP contribution in [0.3, 0.4) is 0 Å². The van der Waals surface area contributed by atoms with E-state index in [1.807, 2.05) is 6.92 Å². The lowest BCUT2D eigenvalue weighted by molar-refractivity contribution is -0.246. The molecule has 5 rings (SSSR count). The second kappa shape index (κ2) is 6.13. The number of alkyl halides is 1. The first-order chi connectivity index (χ1) is 14.4. The third kappa shape index (κ3) is 2.31. The number of Topliss-reactive ketones (excluding diaryl/α,β-unsaturated/α-hetero) is 1. The van der Waals surface area contributed by atoms with E-state index in [1.54, 1.807) is 26.8 Å². The first-order valence-electron chi connectivity index (χ1n) is 11.2. The number of hydrogen-bond acceptors (Lipinski definition) is 6. The molecule has 7 heteroatoms. The highest BCUT2D eigenvalue weighted by Gasteiger charge is 2.79. The van der Waals surface area contributed by atoms with E-state index in [2.05, 4.69) is 0 Å². The van der Waals surface area contributed by atoms with Crippen LogP contribution in [0.2, 0.25) is 0 Å².